The number of aromatic nitrogens is 2. The van der Waals surface area contributed by atoms with Crippen molar-refractivity contribution in [2.75, 3.05) is 25.1 Å². The number of nitrogens with one attached hydrogen (secondary N) is 1. The number of rotatable bonds is 3. The fourth-order valence-corrected chi connectivity index (χ4v) is 1.74. The van der Waals surface area contributed by atoms with Crippen molar-refractivity contribution in [3.63, 3.8) is 0 Å². The van der Waals surface area contributed by atoms with E-state index in [2.05, 4.69) is 10.3 Å². The lowest BCUT2D eigenvalue weighted by atomic mass is 10.0. The minimum absolute atomic E-state index is 0.639. The van der Waals surface area contributed by atoms with Crippen LogP contribution in [0.25, 0.3) is 0 Å². The summed E-state index contributed by atoms with van der Waals surface area (Å²) in [6.07, 6.45) is 6.20. The Morgan fingerprint density at radius 3 is 3.29 bits per heavy atom. The predicted molar refractivity (Wildman–Crippen MR) is 55.2 cm³/mol. The summed E-state index contributed by atoms with van der Waals surface area (Å²) < 4.78 is 7.40. The maximum atomic E-state index is 5.42. The molecule has 0 spiro atoms. The molecule has 1 aromatic rings. The first kappa shape index (κ1) is 9.52. The minimum atomic E-state index is 0.639. The molecule has 1 aliphatic heterocycles. The van der Waals surface area contributed by atoms with Crippen LogP contribution in [0, 0.1) is 5.92 Å². The van der Waals surface area contributed by atoms with Crippen LogP contribution in [0.2, 0.25) is 0 Å². The summed E-state index contributed by atoms with van der Waals surface area (Å²) in [6.45, 7) is 2.78. The molecule has 1 unspecified atom stereocenters. The van der Waals surface area contributed by atoms with Crippen LogP contribution in [-0.2, 0) is 11.8 Å². The van der Waals surface area contributed by atoms with E-state index in [1.807, 2.05) is 17.8 Å². The molecule has 0 bridgehead atoms. The summed E-state index contributed by atoms with van der Waals surface area (Å²) in [4.78, 5) is 4.21. The molecule has 0 aromatic carbocycles. The van der Waals surface area contributed by atoms with Crippen molar-refractivity contribution in [1.82, 2.24) is 9.55 Å². The topological polar surface area (TPSA) is 39.1 Å². The molecule has 4 heteroatoms. The van der Waals surface area contributed by atoms with E-state index in [0.29, 0.717) is 5.92 Å². The molecule has 0 radical (unpaired) electrons. The van der Waals surface area contributed by atoms with Gasteiger partial charge < -0.3 is 14.6 Å². The number of nitrogens with zero attached hydrogens (tertiary/aromatic N) is 2. The van der Waals surface area contributed by atoms with Crippen molar-refractivity contribution < 1.29 is 4.74 Å². The van der Waals surface area contributed by atoms with Crippen LogP contribution in [0.4, 0.5) is 5.95 Å². The average Bonchev–Trinajstić information content (AvgIpc) is 2.63. The highest BCUT2D eigenvalue weighted by Crippen LogP contribution is 2.14. The van der Waals surface area contributed by atoms with Gasteiger partial charge in [-0.2, -0.15) is 0 Å². The largest absolute Gasteiger partial charge is 0.381 e. The third-order valence-corrected chi connectivity index (χ3v) is 2.62. The molecule has 78 valence electrons. The van der Waals surface area contributed by atoms with Crippen molar-refractivity contribution in [3.05, 3.63) is 12.4 Å². The zero-order valence-electron chi connectivity index (χ0n) is 8.57. The molecule has 14 heavy (non-hydrogen) atoms. The van der Waals surface area contributed by atoms with Crippen LogP contribution < -0.4 is 5.32 Å². The summed E-state index contributed by atoms with van der Waals surface area (Å²) in [5, 5.41) is 3.33. The lowest BCUT2D eigenvalue weighted by Crippen LogP contribution is -2.25. The molecule has 1 fully saturated rings. The molecule has 2 heterocycles. The molecule has 4 nitrogen and oxygen atoms in total. The highest BCUT2D eigenvalue weighted by atomic mass is 16.5. The van der Waals surface area contributed by atoms with Crippen molar-refractivity contribution in [2.24, 2.45) is 13.0 Å². The molecule has 1 aromatic heterocycles. The number of ether oxygens (including phenoxy) is 1. The van der Waals surface area contributed by atoms with Crippen molar-refractivity contribution in [2.45, 2.75) is 12.8 Å². The van der Waals surface area contributed by atoms with Crippen molar-refractivity contribution in [3.8, 4) is 0 Å². The molecule has 1 atom stereocenters. The first-order chi connectivity index (χ1) is 6.86. The average molecular weight is 195 g/mol. The molecule has 1 N–H and O–H groups in total. The quantitative estimate of drug-likeness (QED) is 0.789. The second-order valence-corrected chi connectivity index (χ2v) is 3.83. The molecule has 1 aliphatic rings. The zero-order valence-corrected chi connectivity index (χ0v) is 8.57. The monoisotopic (exact) mass is 195 g/mol. The number of hydrogen-bond acceptors (Lipinski definition) is 3. The van der Waals surface area contributed by atoms with E-state index in [1.54, 1.807) is 6.20 Å². The summed E-state index contributed by atoms with van der Waals surface area (Å²) in [5.41, 5.74) is 0. The van der Waals surface area contributed by atoms with Gasteiger partial charge in [-0.15, -0.1) is 0 Å². The van der Waals surface area contributed by atoms with Gasteiger partial charge in [0.1, 0.15) is 0 Å². The van der Waals surface area contributed by atoms with E-state index in [0.717, 1.165) is 25.7 Å². The summed E-state index contributed by atoms with van der Waals surface area (Å²) in [7, 11) is 1.99. The van der Waals surface area contributed by atoms with Gasteiger partial charge in [-0.25, -0.2) is 4.98 Å². The van der Waals surface area contributed by atoms with Crippen LogP contribution in [0.3, 0.4) is 0 Å². The summed E-state index contributed by atoms with van der Waals surface area (Å²) in [6, 6.07) is 0. The maximum absolute atomic E-state index is 5.42. The molecule has 0 saturated carbocycles. The second kappa shape index (κ2) is 4.46. The Labute approximate surface area is 84.3 Å². The number of hydrogen-bond donors (Lipinski definition) is 1. The lowest BCUT2D eigenvalue weighted by Gasteiger charge is -2.22. The Morgan fingerprint density at radius 2 is 2.64 bits per heavy atom. The normalized spacial score (nSPS) is 22.2. The van der Waals surface area contributed by atoms with Gasteiger partial charge in [-0.1, -0.05) is 0 Å². The SMILES string of the molecule is Cn1ccnc1NCC1CCCOC1. The van der Waals surface area contributed by atoms with E-state index >= 15 is 0 Å². The Bertz CT molecular complexity index is 279. The lowest BCUT2D eigenvalue weighted by molar-refractivity contribution is 0.0594. The van der Waals surface area contributed by atoms with Gasteiger partial charge in [-0.3, -0.25) is 0 Å². The molecular formula is C10H17N3O. The first-order valence-electron chi connectivity index (χ1n) is 5.15. The van der Waals surface area contributed by atoms with Gasteiger partial charge in [0.15, 0.2) is 0 Å². The first-order valence-corrected chi connectivity index (χ1v) is 5.15. The summed E-state index contributed by atoms with van der Waals surface area (Å²) in [5.74, 6) is 1.58. The van der Waals surface area contributed by atoms with Crippen LogP contribution in [0.1, 0.15) is 12.8 Å². The van der Waals surface area contributed by atoms with Crippen molar-refractivity contribution in [1.29, 1.82) is 0 Å². The van der Waals surface area contributed by atoms with Crippen molar-refractivity contribution >= 4 is 5.95 Å². The highest BCUT2D eigenvalue weighted by Gasteiger charge is 2.13. The van der Waals surface area contributed by atoms with Crippen LogP contribution in [0.5, 0.6) is 0 Å². The highest BCUT2D eigenvalue weighted by molar-refractivity contribution is 5.25. The van der Waals surface area contributed by atoms with E-state index in [4.69, 9.17) is 4.74 Å². The van der Waals surface area contributed by atoms with E-state index in [9.17, 15) is 0 Å². The number of aryl methyl sites for hydroxylation is 1. The standard InChI is InChI=1S/C10H17N3O/c1-13-5-4-11-10(13)12-7-9-3-2-6-14-8-9/h4-5,9H,2-3,6-8H2,1H3,(H,11,12). The number of anilines is 1. The Morgan fingerprint density at radius 1 is 1.71 bits per heavy atom. The molecule has 1 saturated heterocycles. The van der Waals surface area contributed by atoms with Gasteiger partial charge in [0.2, 0.25) is 5.95 Å². The molecule has 0 aliphatic carbocycles. The third-order valence-electron chi connectivity index (χ3n) is 2.62. The smallest absolute Gasteiger partial charge is 0.202 e. The van der Waals surface area contributed by atoms with Gasteiger partial charge in [-0.05, 0) is 18.8 Å². The van der Waals surface area contributed by atoms with Gasteiger partial charge in [0.25, 0.3) is 0 Å². The summed E-state index contributed by atoms with van der Waals surface area (Å²) >= 11 is 0. The van der Waals surface area contributed by atoms with E-state index < -0.39 is 0 Å². The zero-order chi connectivity index (χ0) is 9.80. The Hall–Kier alpha value is -1.03. The maximum Gasteiger partial charge on any atom is 0.202 e. The van der Waals surface area contributed by atoms with E-state index in [-0.39, 0.29) is 0 Å². The molecule has 0 amide bonds. The fourth-order valence-electron chi connectivity index (χ4n) is 1.74. The van der Waals surface area contributed by atoms with Crippen LogP contribution in [0.15, 0.2) is 12.4 Å². The van der Waals surface area contributed by atoms with Gasteiger partial charge in [0, 0.05) is 32.6 Å². The third kappa shape index (κ3) is 2.26. The fraction of sp³-hybridized carbons (Fsp3) is 0.700. The van der Waals surface area contributed by atoms with Gasteiger partial charge >= 0.3 is 0 Å². The molecular weight excluding hydrogens is 178 g/mol. The minimum Gasteiger partial charge on any atom is -0.381 e. The van der Waals surface area contributed by atoms with Gasteiger partial charge in [0.05, 0.1) is 6.61 Å². The Balaban J connectivity index is 1.79. The second-order valence-electron chi connectivity index (χ2n) is 3.83. The number of imidazole rings is 1. The molecule has 2 rings (SSSR count). The van der Waals surface area contributed by atoms with E-state index in [1.165, 1.54) is 12.8 Å². The van der Waals surface area contributed by atoms with Crippen LogP contribution >= 0.6 is 0 Å². The van der Waals surface area contributed by atoms with Crippen LogP contribution in [-0.4, -0.2) is 29.3 Å². The Kier molecular flexibility index (Phi) is 3.03. The predicted octanol–water partition coefficient (Wildman–Crippen LogP) is 1.26.